The Labute approximate surface area is 114 Å². The molecule has 2 fully saturated rings. The van der Waals surface area contributed by atoms with Gasteiger partial charge in [-0.15, -0.1) is 6.10 Å². The fourth-order valence-corrected chi connectivity index (χ4v) is 3.31. The molecule has 0 bridgehead atoms. The van der Waals surface area contributed by atoms with Crippen LogP contribution >= 0.6 is 0 Å². The van der Waals surface area contributed by atoms with Crippen molar-refractivity contribution in [3.05, 3.63) is 0 Å². The summed E-state index contributed by atoms with van der Waals surface area (Å²) >= 11 is 0.750. The Morgan fingerprint density at radius 1 is 0.765 bits per heavy atom. The van der Waals surface area contributed by atoms with Gasteiger partial charge in [-0.1, -0.05) is 76.0 Å². The van der Waals surface area contributed by atoms with Gasteiger partial charge in [-0.3, -0.25) is 0 Å². The van der Waals surface area contributed by atoms with Gasteiger partial charge in [0.15, 0.2) is 0 Å². The Morgan fingerprint density at radius 3 is 1.35 bits per heavy atom. The summed E-state index contributed by atoms with van der Waals surface area (Å²) < 4.78 is 0. The van der Waals surface area contributed by atoms with Crippen molar-refractivity contribution in [1.29, 1.82) is 0 Å². The van der Waals surface area contributed by atoms with Crippen molar-refractivity contribution in [3.63, 3.8) is 0 Å². The van der Waals surface area contributed by atoms with Crippen LogP contribution in [0.1, 0.15) is 64.2 Å². The first kappa shape index (κ1) is 15.5. The van der Waals surface area contributed by atoms with Crippen LogP contribution in [0.15, 0.2) is 0 Å². The molecule has 0 N–H and O–H groups in total. The SMILES string of the molecule is [CH3][Al+][CH3].[O-]C(C1CCCCC1)C1CCCCC1. The molecular formula is C15H29AlO. The first-order valence-electron chi connectivity index (χ1n) is 7.69. The predicted octanol–water partition coefficient (Wildman–Crippen LogP) is 3.66. The van der Waals surface area contributed by atoms with E-state index in [-0.39, 0.29) is 6.10 Å². The van der Waals surface area contributed by atoms with Crippen LogP contribution in [-0.4, -0.2) is 21.3 Å². The van der Waals surface area contributed by atoms with Crippen molar-refractivity contribution in [2.24, 2.45) is 11.8 Å². The summed E-state index contributed by atoms with van der Waals surface area (Å²) in [6.07, 6.45) is 12.7. The van der Waals surface area contributed by atoms with E-state index in [0.29, 0.717) is 11.8 Å². The molecule has 0 spiro atoms. The third kappa shape index (κ3) is 5.77. The molecule has 0 heterocycles. The molecule has 2 heteroatoms. The van der Waals surface area contributed by atoms with Gasteiger partial charge < -0.3 is 5.11 Å². The standard InChI is InChI=1S/C13H23O.2CH3.Al/c14-13(11-7-3-1-4-8-11)12-9-5-2-6-10-12;;;/h11-13H,1-10H2;2*1H3;/q-1;;;+1. The molecule has 2 aliphatic rings. The van der Waals surface area contributed by atoms with Crippen LogP contribution in [-0.2, 0) is 0 Å². The molecule has 0 atom stereocenters. The molecule has 98 valence electrons. The summed E-state index contributed by atoms with van der Waals surface area (Å²) in [5, 5.41) is 12.2. The van der Waals surface area contributed by atoms with Crippen molar-refractivity contribution in [1.82, 2.24) is 0 Å². The van der Waals surface area contributed by atoms with Crippen LogP contribution in [0, 0.1) is 11.8 Å². The van der Waals surface area contributed by atoms with E-state index in [1.165, 1.54) is 64.2 Å². The fourth-order valence-electron chi connectivity index (χ4n) is 3.31. The molecule has 1 nitrogen and oxygen atoms in total. The smallest absolute Gasteiger partial charge is 0.0515 e. The summed E-state index contributed by atoms with van der Waals surface area (Å²) in [5.41, 5.74) is 0. The van der Waals surface area contributed by atoms with Crippen molar-refractivity contribution in [2.75, 3.05) is 0 Å². The van der Waals surface area contributed by atoms with E-state index in [9.17, 15) is 5.11 Å². The van der Waals surface area contributed by atoms with Crippen LogP contribution in [0.4, 0.5) is 0 Å². The van der Waals surface area contributed by atoms with E-state index in [1.54, 1.807) is 0 Å². The van der Waals surface area contributed by atoms with E-state index in [2.05, 4.69) is 11.6 Å². The van der Waals surface area contributed by atoms with Gasteiger partial charge >= 0.3 is 26.8 Å². The monoisotopic (exact) mass is 252 g/mol. The minimum Gasteiger partial charge on any atom is -0.852 e. The van der Waals surface area contributed by atoms with E-state index >= 15 is 0 Å². The van der Waals surface area contributed by atoms with Crippen molar-refractivity contribution < 1.29 is 5.11 Å². The Balaban J connectivity index is 0.000000437. The van der Waals surface area contributed by atoms with Gasteiger partial charge in [0.05, 0.1) is 0 Å². The molecule has 0 saturated heterocycles. The van der Waals surface area contributed by atoms with Crippen LogP contribution < -0.4 is 5.11 Å². The van der Waals surface area contributed by atoms with Crippen molar-refractivity contribution in [3.8, 4) is 0 Å². The van der Waals surface area contributed by atoms with Crippen LogP contribution in [0.3, 0.4) is 0 Å². The van der Waals surface area contributed by atoms with Gasteiger partial charge in [-0.2, -0.15) is 0 Å². The van der Waals surface area contributed by atoms with E-state index < -0.39 is 0 Å². The predicted molar refractivity (Wildman–Crippen MR) is 74.4 cm³/mol. The van der Waals surface area contributed by atoms with E-state index in [0.717, 1.165) is 15.2 Å². The van der Waals surface area contributed by atoms with Crippen LogP contribution in [0.5, 0.6) is 0 Å². The molecule has 0 radical (unpaired) electrons. The molecule has 17 heavy (non-hydrogen) atoms. The first-order valence-corrected chi connectivity index (χ1v) is 10.00. The molecule has 0 aromatic carbocycles. The second kappa shape index (κ2) is 9.43. The van der Waals surface area contributed by atoms with Gasteiger partial charge in [-0.25, -0.2) is 0 Å². The number of hydrogen-bond donors (Lipinski definition) is 0. The summed E-state index contributed by atoms with van der Waals surface area (Å²) in [5.74, 6) is 5.48. The molecule has 0 aromatic heterocycles. The fraction of sp³-hybridized carbons (Fsp3) is 1.00. The van der Waals surface area contributed by atoms with Gasteiger partial charge in [0, 0.05) is 0 Å². The van der Waals surface area contributed by atoms with Gasteiger partial charge in [-0.05, 0) is 0 Å². The minimum atomic E-state index is -0.212. The van der Waals surface area contributed by atoms with Gasteiger partial charge in [0.25, 0.3) is 0 Å². The number of hydrogen-bond acceptors (Lipinski definition) is 1. The molecule has 0 amide bonds. The topological polar surface area (TPSA) is 23.1 Å². The minimum absolute atomic E-state index is 0.212. The molecule has 2 aliphatic carbocycles. The zero-order valence-electron chi connectivity index (χ0n) is 11.8. The average molecular weight is 252 g/mol. The third-order valence-corrected chi connectivity index (χ3v) is 4.23. The Morgan fingerprint density at radius 2 is 1.06 bits per heavy atom. The maximum Gasteiger partial charge on any atom is -0.0515 e. The van der Waals surface area contributed by atoms with E-state index in [4.69, 9.17) is 0 Å². The Hall–Kier alpha value is 0.492. The zero-order valence-corrected chi connectivity index (χ0v) is 12.9. The van der Waals surface area contributed by atoms with Crippen molar-refractivity contribution >= 4 is 15.2 Å². The summed E-state index contributed by atoms with van der Waals surface area (Å²) in [6, 6.07) is 0. The molecule has 2 rings (SSSR count). The summed E-state index contributed by atoms with van der Waals surface area (Å²) in [4.78, 5) is 0. The zero-order chi connectivity index (χ0) is 12.5. The average Bonchev–Trinajstić information content (AvgIpc) is 2.41. The molecule has 0 aliphatic heterocycles. The van der Waals surface area contributed by atoms with Gasteiger partial charge in [0.2, 0.25) is 0 Å². The molecular weight excluding hydrogens is 223 g/mol. The molecule has 0 aromatic rings. The first-order chi connectivity index (χ1) is 8.29. The van der Waals surface area contributed by atoms with Gasteiger partial charge in [0.1, 0.15) is 0 Å². The molecule has 0 unspecified atom stereocenters. The normalized spacial score (nSPS) is 22.8. The summed E-state index contributed by atoms with van der Waals surface area (Å²) in [7, 11) is 0. The quantitative estimate of drug-likeness (QED) is 0.688. The second-order valence-electron chi connectivity index (χ2n) is 5.84. The van der Waals surface area contributed by atoms with Crippen LogP contribution in [0.25, 0.3) is 0 Å². The van der Waals surface area contributed by atoms with E-state index in [1.807, 2.05) is 0 Å². The third-order valence-electron chi connectivity index (χ3n) is 4.23. The molecule has 2 saturated carbocycles. The number of rotatable bonds is 2. The van der Waals surface area contributed by atoms with Crippen LogP contribution in [0.2, 0.25) is 11.6 Å². The largest absolute Gasteiger partial charge is 0.852 e. The second-order valence-corrected chi connectivity index (χ2v) is 6.99. The summed E-state index contributed by atoms with van der Waals surface area (Å²) in [6.45, 7) is 0. The van der Waals surface area contributed by atoms with Crippen molar-refractivity contribution in [2.45, 2.75) is 81.9 Å². The maximum absolute atomic E-state index is 12.2. The Bertz CT molecular complexity index is 154. The maximum atomic E-state index is 12.2. The Kier molecular flexibility index (Phi) is 8.62.